The minimum atomic E-state index is -4.33. The lowest BCUT2D eigenvalue weighted by molar-refractivity contribution is -0.138. The van der Waals surface area contributed by atoms with Crippen LogP contribution in [0.15, 0.2) is 72.8 Å². The maximum Gasteiger partial charge on any atom is 0.416 e. The number of halogens is 3. The van der Waals surface area contributed by atoms with E-state index in [0.29, 0.717) is 18.9 Å². The number of ether oxygens (including phenoxy) is 1. The molecule has 2 N–H and O–H groups in total. The highest BCUT2D eigenvalue weighted by Gasteiger charge is 2.30. The predicted molar refractivity (Wildman–Crippen MR) is 167 cm³/mol. The topological polar surface area (TPSA) is 90.3 Å². The zero-order chi connectivity index (χ0) is 32.2. The van der Waals surface area contributed by atoms with E-state index < -0.39 is 23.7 Å². The Morgan fingerprint density at radius 1 is 0.844 bits per heavy atom. The van der Waals surface area contributed by atoms with E-state index in [1.165, 1.54) is 12.1 Å². The Hall–Kier alpha value is -4.05. The highest BCUT2D eigenvalue weighted by molar-refractivity contribution is 5.87. The van der Waals surface area contributed by atoms with Crippen molar-refractivity contribution in [3.63, 3.8) is 0 Å². The van der Waals surface area contributed by atoms with E-state index in [4.69, 9.17) is 9.84 Å². The van der Waals surface area contributed by atoms with Gasteiger partial charge in [-0.3, -0.25) is 9.69 Å². The lowest BCUT2D eigenvalue weighted by Gasteiger charge is -2.36. The molecule has 3 aromatic carbocycles. The average Bonchev–Trinajstić information content (AvgIpc) is 3.02. The maximum absolute atomic E-state index is 12.9. The number of carboxylic acid groups (broad SMARTS) is 2. The number of hydrogen-bond donors (Lipinski definition) is 2. The van der Waals surface area contributed by atoms with Crippen molar-refractivity contribution in [2.45, 2.75) is 51.1 Å². The molecule has 0 amide bonds. The van der Waals surface area contributed by atoms with Gasteiger partial charge in [0.05, 0.1) is 11.1 Å². The SMILES string of the molecule is O=C(O)CCCCC(CCc1ccccc1OCCN1CCN(c2ccc(C(F)(F)F)cc2)CC1)Cc1ccc(C(=O)O)cc1. The number of para-hydroxylation sites is 1. The second-order valence-corrected chi connectivity index (χ2v) is 11.6. The van der Waals surface area contributed by atoms with E-state index in [1.54, 1.807) is 12.1 Å². The Labute approximate surface area is 262 Å². The van der Waals surface area contributed by atoms with Crippen molar-refractivity contribution in [1.29, 1.82) is 0 Å². The molecule has 3 aromatic rings. The maximum atomic E-state index is 12.9. The van der Waals surface area contributed by atoms with Crippen molar-refractivity contribution in [2.75, 3.05) is 44.2 Å². The van der Waals surface area contributed by atoms with Crippen LogP contribution in [0.25, 0.3) is 0 Å². The van der Waals surface area contributed by atoms with Crippen LogP contribution in [0, 0.1) is 5.92 Å². The number of alkyl halides is 3. The summed E-state index contributed by atoms with van der Waals surface area (Å²) in [5, 5.41) is 18.2. The number of anilines is 1. The summed E-state index contributed by atoms with van der Waals surface area (Å²) in [6.45, 7) is 4.31. The van der Waals surface area contributed by atoms with Gasteiger partial charge >= 0.3 is 18.1 Å². The van der Waals surface area contributed by atoms with Crippen molar-refractivity contribution in [3.8, 4) is 5.75 Å². The molecular weight excluding hydrogens is 585 g/mol. The van der Waals surface area contributed by atoms with Gasteiger partial charge in [-0.05, 0) is 85.2 Å². The fourth-order valence-corrected chi connectivity index (χ4v) is 5.76. The van der Waals surface area contributed by atoms with Crippen molar-refractivity contribution in [1.82, 2.24) is 4.90 Å². The molecule has 4 rings (SSSR count). The first-order valence-corrected chi connectivity index (χ1v) is 15.5. The number of aryl methyl sites for hydroxylation is 1. The van der Waals surface area contributed by atoms with Crippen molar-refractivity contribution >= 4 is 17.6 Å². The zero-order valence-corrected chi connectivity index (χ0v) is 25.3. The summed E-state index contributed by atoms with van der Waals surface area (Å²) in [7, 11) is 0. The Morgan fingerprint density at radius 3 is 2.18 bits per heavy atom. The van der Waals surface area contributed by atoms with Crippen molar-refractivity contribution < 1.29 is 37.7 Å². The molecule has 0 aromatic heterocycles. The third-order valence-electron chi connectivity index (χ3n) is 8.37. The van der Waals surface area contributed by atoms with Gasteiger partial charge in [-0.2, -0.15) is 13.2 Å². The van der Waals surface area contributed by atoms with Crippen LogP contribution < -0.4 is 9.64 Å². The number of carbonyl (C=O) groups is 2. The Morgan fingerprint density at radius 2 is 1.53 bits per heavy atom. The molecule has 0 bridgehead atoms. The van der Waals surface area contributed by atoms with E-state index in [1.807, 2.05) is 30.3 Å². The summed E-state index contributed by atoms with van der Waals surface area (Å²) >= 11 is 0. The molecule has 1 unspecified atom stereocenters. The molecule has 1 saturated heterocycles. The largest absolute Gasteiger partial charge is 0.492 e. The second kappa shape index (κ2) is 16.3. The van der Waals surface area contributed by atoms with Crippen molar-refractivity contribution in [2.24, 2.45) is 5.92 Å². The predicted octanol–water partition coefficient (Wildman–Crippen LogP) is 7.04. The molecule has 0 aliphatic carbocycles. The number of aromatic carboxylic acids is 1. The van der Waals surface area contributed by atoms with E-state index in [0.717, 1.165) is 99.5 Å². The quantitative estimate of drug-likeness (QED) is 0.165. The van der Waals surface area contributed by atoms with E-state index in [9.17, 15) is 27.9 Å². The zero-order valence-electron chi connectivity index (χ0n) is 25.3. The molecule has 242 valence electrons. The molecule has 10 heteroatoms. The molecular formula is C35H41F3N2O5. The summed E-state index contributed by atoms with van der Waals surface area (Å²) in [6, 6.07) is 20.3. The van der Waals surface area contributed by atoms with Crippen LogP contribution in [0.3, 0.4) is 0 Å². The lowest BCUT2D eigenvalue weighted by atomic mass is 9.88. The number of rotatable bonds is 16. The molecule has 0 radical (unpaired) electrons. The lowest BCUT2D eigenvalue weighted by Crippen LogP contribution is -2.47. The molecule has 1 atom stereocenters. The third kappa shape index (κ3) is 10.8. The molecule has 0 spiro atoms. The van der Waals surface area contributed by atoms with Gasteiger partial charge in [-0.1, -0.05) is 43.2 Å². The molecule has 1 heterocycles. The first kappa shape index (κ1) is 33.8. The third-order valence-corrected chi connectivity index (χ3v) is 8.37. The number of piperazine rings is 1. The molecule has 1 aliphatic heterocycles. The first-order chi connectivity index (χ1) is 21.6. The van der Waals surface area contributed by atoms with Gasteiger partial charge in [0.2, 0.25) is 0 Å². The summed E-state index contributed by atoms with van der Waals surface area (Å²) < 4.78 is 44.9. The smallest absolute Gasteiger partial charge is 0.416 e. The number of nitrogens with zero attached hydrogens (tertiary/aromatic N) is 2. The fourth-order valence-electron chi connectivity index (χ4n) is 5.76. The Bertz CT molecular complexity index is 1370. The van der Waals surface area contributed by atoms with Crippen LogP contribution in [-0.2, 0) is 23.8 Å². The highest BCUT2D eigenvalue weighted by atomic mass is 19.4. The number of unbranched alkanes of at least 4 members (excludes halogenated alkanes) is 1. The van der Waals surface area contributed by atoms with Crippen LogP contribution in [0.1, 0.15) is 59.2 Å². The van der Waals surface area contributed by atoms with Gasteiger partial charge in [0.1, 0.15) is 12.4 Å². The van der Waals surface area contributed by atoms with E-state index >= 15 is 0 Å². The normalized spacial score (nSPS) is 14.7. The van der Waals surface area contributed by atoms with E-state index in [-0.39, 0.29) is 12.0 Å². The fraction of sp³-hybridized carbons (Fsp3) is 0.429. The summed E-state index contributed by atoms with van der Waals surface area (Å²) in [5.74, 6) is -0.591. The van der Waals surface area contributed by atoms with Crippen LogP contribution in [0.5, 0.6) is 5.75 Å². The standard InChI is InChI=1S/C35H41F3N2O5/c36-35(37,38)30-15-17-31(18-16-30)40-21-19-39(20-22-40)23-24-45-32-7-3-2-6-28(32)12-9-26(5-1-4-8-33(41)42)25-27-10-13-29(14-11-27)34(43)44/h2-3,6-7,10-11,13-18,26H,1,4-5,8-9,12,19-25H2,(H,41,42)(H,43,44). The number of hydrogen-bond acceptors (Lipinski definition) is 5. The van der Waals surface area contributed by atoms with Crippen molar-refractivity contribution in [3.05, 3.63) is 95.1 Å². The number of carboxylic acids is 2. The average molecular weight is 627 g/mol. The summed E-state index contributed by atoms with van der Waals surface area (Å²) in [6.07, 6.45) is 0.624. The molecule has 1 fully saturated rings. The molecule has 1 aliphatic rings. The Balaban J connectivity index is 1.26. The van der Waals surface area contributed by atoms with Crippen LogP contribution in [0.4, 0.5) is 18.9 Å². The Kier molecular flexibility index (Phi) is 12.3. The minimum Gasteiger partial charge on any atom is -0.492 e. The molecule has 7 nitrogen and oxygen atoms in total. The van der Waals surface area contributed by atoms with Crippen LogP contribution >= 0.6 is 0 Å². The van der Waals surface area contributed by atoms with Gasteiger partial charge in [0.15, 0.2) is 0 Å². The monoisotopic (exact) mass is 626 g/mol. The second-order valence-electron chi connectivity index (χ2n) is 11.6. The summed E-state index contributed by atoms with van der Waals surface area (Å²) in [5.41, 5.74) is 2.59. The van der Waals surface area contributed by atoms with Crippen LogP contribution in [0.2, 0.25) is 0 Å². The number of aliphatic carboxylic acids is 1. The number of benzene rings is 3. The van der Waals surface area contributed by atoms with Gasteiger partial charge in [-0.25, -0.2) is 4.79 Å². The first-order valence-electron chi connectivity index (χ1n) is 15.5. The molecule has 0 saturated carbocycles. The highest BCUT2D eigenvalue weighted by Crippen LogP contribution is 2.31. The minimum absolute atomic E-state index is 0.154. The van der Waals surface area contributed by atoms with Gasteiger partial charge < -0.3 is 19.8 Å². The van der Waals surface area contributed by atoms with Crippen LogP contribution in [-0.4, -0.2) is 66.4 Å². The van der Waals surface area contributed by atoms with E-state index in [2.05, 4.69) is 15.9 Å². The van der Waals surface area contributed by atoms with Gasteiger partial charge in [0.25, 0.3) is 0 Å². The van der Waals surface area contributed by atoms with Gasteiger partial charge in [-0.15, -0.1) is 0 Å². The summed E-state index contributed by atoms with van der Waals surface area (Å²) in [4.78, 5) is 26.6. The molecule has 45 heavy (non-hydrogen) atoms. The van der Waals surface area contributed by atoms with Gasteiger partial charge in [0, 0.05) is 44.8 Å².